The molecule has 0 saturated heterocycles. The van der Waals surface area contributed by atoms with Gasteiger partial charge in [-0.1, -0.05) is 74.4 Å². The van der Waals surface area contributed by atoms with Gasteiger partial charge in [-0.2, -0.15) is 5.21 Å². The number of aryl methyl sites for hydroxylation is 1. The summed E-state index contributed by atoms with van der Waals surface area (Å²) in [5.41, 5.74) is 5.43. The van der Waals surface area contributed by atoms with Crippen molar-refractivity contribution in [1.29, 1.82) is 0 Å². The fourth-order valence-corrected chi connectivity index (χ4v) is 4.86. The predicted octanol–water partition coefficient (Wildman–Crippen LogP) is 5.28. The minimum absolute atomic E-state index is 0.129. The lowest BCUT2D eigenvalue weighted by Gasteiger charge is -2.13. The Labute approximate surface area is 227 Å². The fraction of sp³-hybridized carbons (Fsp3) is 0.267. The molecule has 0 fully saturated rings. The Morgan fingerprint density at radius 1 is 0.872 bits per heavy atom. The van der Waals surface area contributed by atoms with Gasteiger partial charge in [0.15, 0.2) is 0 Å². The number of hydrogen-bond acceptors (Lipinski definition) is 6. The van der Waals surface area contributed by atoms with E-state index in [1.54, 1.807) is 18.8 Å². The van der Waals surface area contributed by atoms with Gasteiger partial charge in [-0.25, -0.2) is 4.79 Å². The Bertz CT molecular complexity index is 1560. The molecule has 3 aromatic carbocycles. The van der Waals surface area contributed by atoms with E-state index in [1.165, 1.54) is 0 Å². The highest BCUT2D eigenvalue weighted by molar-refractivity contribution is 5.80. The fourth-order valence-electron chi connectivity index (χ4n) is 4.86. The maximum atomic E-state index is 13.8. The van der Waals surface area contributed by atoms with Crippen molar-refractivity contribution in [3.05, 3.63) is 94.7 Å². The smallest absolute Gasteiger partial charge is 0.333 e. The number of benzene rings is 3. The molecule has 0 spiro atoms. The second-order valence-electron chi connectivity index (χ2n) is 9.31. The first kappa shape index (κ1) is 26.0. The molecular weight excluding hydrogens is 492 g/mol. The number of nitrogens with one attached hydrogen (secondary N) is 1. The first-order valence-electron chi connectivity index (χ1n) is 13.1. The maximum Gasteiger partial charge on any atom is 0.333 e. The molecule has 0 amide bonds. The molecule has 0 unspecified atom stereocenters. The Morgan fingerprint density at radius 3 is 2.23 bits per heavy atom. The van der Waals surface area contributed by atoms with E-state index < -0.39 is 0 Å². The highest BCUT2D eigenvalue weighted by atomic mass is 16.5. The molecule has 0 atom stereocenters. The molecule has 200 valence electrons. The van der Waals surface area contributed by atoms with Crippen LogP contribution in [0.25, 0.3) is 28.2 Å². The Morgan fingerprint density at radius 2 is 1.59 bits per heavy atom. The number of rotatable bonds is 11. The van der Waals surface area contributed by atoms with Crippen molar-refractivity contribution in [3.8, 4) is 39.7 Å². The molecule has 0 bridgehead atoms. The molecule has 0 aliphatic heterocycles. The van der Waals surface area contributed by atoms with Gasteiger partial charge in [0.1, 0.15) is 17.2 Å². The third-order valence-corrected chi connectivity index (χ3v) is 6.86. The van der Waals surface area contributed by atoms with Crippen molar-refractivity contribution < 1.29 is 9.47 Å². The number of ether oxygens (including phenoxy) is 2. The molecule has 5 aromatic rings. The van der Waals surface area contributed by atoms with Gasteiger partial charge >= 0.3 is 5.69 Å². The van der Waals surface area contributed by atoms with Crippen LogP contribution >= 0.6 is 0 Å². The second-order valence-corrected chi connectivity index (χ2v) is 9.31. The number of methoxy groups -OCH3 is 2. The van der Waals surface area contributed by atoms with Crippen LogP contribution in [0.15, 0.2) is 77.7 Å². The number of nitrogens with zero attached hydrogens (tertiary/aromatic N) is 5. The zero-order valence-corrected chi connectivity index (χ0v) is 22.4. The summed E-state index contributed by atoms with van der Waals surface area (Å²) in [6, 6.07) is 21.7. The third-order valence-electron chi connectivity index (χ3n) is 6.86. The SMILES string of the molecule is CCCCCc1cn(-c2c(OC)cccc2OC)c(=O)n1Cc1ccc(-c2ccccc2-c2nn[nH]n2)cc1. The van der Waals surface area contributed by atoms with Gasteiger partial charge in [-0.05, 0) is 46.9 Å². The number of aromatic nitrogens is 6. The topological polar surface area (TPSA) is 99.9 Å². The lowest BCUT2D eigenvalue weighted by atomic mass is 9.98. The standard InChI is InChI=1S/C30H32N6O3/c1-4-5-6-10-23-20-36(28-26(38-2)13-9-14-27(28)39-3)30(37)35(23)19-21-15-17-22(18-16-21)24-11-7-8-12-25(24)29-31-33-34-32-29/h7-9,11-18,20H,4-6,10,19H2,1-3H3,(H,31,32,33,34). The largest absolute Gasteiger partial charge is 0.494 e. The van der Waals surface area contributed by atoms with Gasteiger partial charge in [0, 0.05) is 17.5 Å². The number of tetrazole rings is 1. The first-order valence-corrected chi connectivity index (χ1v) is 13.1. The summed E-state index contributed by atoms with van der Waals surface area (Å²) >= 11 is 0. The van der Waals surface area contributed by atoms with Crippen molar-refractivity contribution in [1.82, 2.24) is 29.8 Å². The van der Waals surface area contributed by atoms with Gasteiger partial charge in [-0.3, -0.25) is 9.13 Å². The van der Waals surface area contributed by atoms with Gasteiger partial charge in [-0.15, -0.1) is 10.2 Å². The molecule has 0 saturated carbocycles. The summed E-state index contributed by atoms with van der Waals surface area (Å²) in [5.74, 6) is 1.71. The molecule has 1 N–H and O–H groups in total. The average molecular weight is 525 g/mol. The van der Waals surface area contributed by atoms with Gasteiger partial charge in [0.05, 0.1) is 20.8 Å². The number of para-hydroxylation sites is 1. The van der Waals surface area contributed by atoms with Gasteiger partial charge in [0.2, 0.25) is 5.82 Å². The maximum absolute atomic E-state index is 13.8. The Balaban J connectivity index is 1.50. The Kier molecular flexibility index (Phi) is 7.86. The number of hydrogen-bond donors (Lipinski definition) is 1. The van der Waals surface area contributed by atoms with Crippen LogP contribution in [0.4, 0.5) is 0 Å². The van der Waals surface area contributed by atoms with Gasteiger partial charge in [0.25, 0.3) is 0 Å². The lowest BCUT2D eigenvalue weighted by molar-refractivity contribution is 0.390. The highest BCUT2D eigenvalue weighted by Gasteiger charge is 2.19. The summed E-state index contributed by atoms with van der Waals surface area (Å²) < 4.78 is 14.7. The van der Waals surface area contributed by atoms with Crippen LogP contribution in [0.2, 0.25) is 0 Å². The molecule has 0 aliphatic rings. The average Bonchev–Trinajstić information content (AvgIpc) is 3.62. The van der Waals surface area contributed by atoms with E-state index in [4.69, 9.17) is 9.47 Å². The van der Waals surface area contributed by atoms with Crippen molar-refractivity contribution in [2.45, 2.75) is 39.2 Å². The highest BCUT2D eigenvalue weighted by Crippen LogP contribution is 2.32. The number of aromatic amines is 1. The number of unbranched alkanes of at least 4 members (excludes halogenated alkanes) is 2. The number of imidazole rings is 1. The summed E-state index contributed by atoms with van der Waals surface area (Å²) in [4.78, 5) is 13.8. The van der Waals surface area contributed by atoms with Crippen LogP contribution in [0.3, 0.4) is 0 Å². The summed E-state index contributed by atoms with van der Waals surface area (Å²) in [7, 11) is 3.20. The van der Waals surface area contributed by atoms with E-state index in [-0.39, 0.29) is 5.69 Å². The molecule has 5 rings (SSSR count). The van der Waals surface area contributed by atoms with Crippen LogP contribution in [-0.4, -0.2) is 44.0 Å². The molecule has 0 radical (unpaired) electrons. The summed E-state index contributed by atoms with van der Waals surface area (Å²) in [5, 5.41) is 14.5. The van der Waals surface area contributed by atoms with Crippen molar-refractivity contribution in [3.63, 3.8) is 0 Å². The van der Waals surface area contributed by atoms with E-state index in [0.717, 1.165) is 53.6 Å². The Hall–Kier alpha value is -4.66. The molecule has 9 nitrogen and oxygen atoms in total. The monoisotopic (exact) mass is 524 g/mol. The van der Waals surface area contributed by atoms with Crippen molar-refractivity contribution in [2.24, 2.45) is 0 Å². The first-order chi connectivity index (χ1) is 19.1. The normalized spacial score (nSPS) is 11.1. The van der Waals surface area contributed by atoms with E-state index in [0.29, 0.717) is 29.6 Å². The third kappa shape index (κ3) is 5.34. The van der Waals surface area contributed by atoms with Crippen molar-refractivity contribution >= 4 is 0 Å². The van der Waals surface area contributed by atoms with Crippen LogP contribution in [0, 0.1) is 0 Å². The predicted molar refractivity (Wildman–Crippen MR) is 151 cm³/mol. The summed E-state index contributed by atoms with van der Waals surface area (Å²) in [6.45, 7) is 2.63. The zero-order chi connectivity index (χ0) is 27.2. The quantitative estimate of drug-likeness (QED) is 0.236. The molecule has 2 aromatic heterocycles. The zero-order valence-electron chi connectivity index (χ0n) is 22.4. The van der Waals surface area contributed by atoms with Crippen LogP contribution in [-0.2, 0) is 13.0 Å². The molecule has 0 aliphatic carbocycles. The second kappa shape index (κ2) is 11.8. The van der Waals surface area contributed by atoms with Crippen molar-refractivity contribution in [2.75, 3.05) is 14.2 Å². The molecule has 39 heavy (non-hydrogen) atoms. The molecule has 9 heteroatoms. The van der Waals surface area contributed by atoms with E-state index >= 15 is 0 Å². The van der Waals surface area contributed by atoms with E-state index in [9.17, 15) is 4.79 Å². The summed E-state index contributed by atoms with van der Waals surface area (Å²) in [6.07, 6.45) is 5.95. The molecule has 2 heterocycles. The van der Waals surface area contributed by atoms with E-state index in [2.05, 4.69) is 51.8 Å². The lowest BCUT2D eigenvalue weighted by Crippen LogP contribution is -2.25. The minimum Gasteiger partial charge on any atom is -0.494 e. The van der Waals surface area contributed by atoms with Gasteiger partial charge < -0.3 is 9.47 Å². The molecular formula is C30H32N6O3. The van der Waals surface area contributed by atoms with Crippen LogP contribution in [0.5, 0.6) is 11.5 Å². The number of H-pyrrole nitrogens is 1. The minimum atomic E-state index is -0.129. The van der Waals surface area contributed by atoms with Crippen LogP contribution in [0.1, 0.15) is 37.4 Å². The van der Waals surface area contributed by atoms with E-state index in [1.807, 2.05) is 53.2 Å². The van der Waals surface area contributed by atoms with Crippen LogP contribution < -0.4 is 15.2 Å².